The molecule has 2 heterocycles. The maximum atomic E-state index is 12.8. The van der Waals surface area contributed by atoms with Crippen molar-refractivity contribution in [1.82, 2.24) is 14.9 Å². The third-order valence-electron chi connectivity index (χ3n) is 5.22. The molecule has 0 saturated carbocycles. The molecule has 172 valence electrons. The number of hydrogen-bond acceptors (Lipinski definition) is 6. The maximum Gasteiger partial charge on any atom is 0.241 e. The van der Waals surface area contributed by atoms with Crippen LogP contribution < -0.4 is 10.0 Å². The first-order chi connectivity index (χ1) is 14.8. The Bertz CT molecular complexity index is 852. The molecule has 2 aliphatic heterocycles. The second-order valence-electron chi connectivity index (χ2n) is 7.63. The maximum absolute atomic E-state index is 12.8. The highest BCUT2D eigenvalue weighted by atomic mass is 35.5. The number of benzene rings is 1. The molecule has 0 spiro atoms. The van der Waals surface area contributed by atoms with Gasteiger partial charge in [0.25, 0.3) is 0 Å². The van der Waals surface area contributed by atoms with Gasteiger partial charge in [-0.2, -0.15) is 0 Å². The SMILES string of the molecule is O=C(CN(C[C@@H]1CCCO1)C(=O)CNS(=O)(=O)c1ccc(Cl)cc1)NC[C@@H]1CCCO1. The van der Waals surface area contributed by atoms with Crippen LogP contribution >= 0.6 is 11.6 Å². The highest BCUT2D eigenvalue weighted by molar-refractivity contribution is 7.89. The van der Waals surface area contributed by atoms with Crippen LogP contribution in [0.25, 0.3) is 0 Å². The summed E-state index contributed by atoms with van der Waals surface area (Å²) in [5, 5.41) is 3.20. The van der Waals surface area contributed by atoms with Gasteiger partial charge in [-0.25, -0.2) is 13.1 Å². The van der Waals surface area contributed by atoms with Gasteiger partial charge < -0.3 is 19.7 Å². The summed E-state index contributed by atoms with van der Waals surface area (Å²) in [5.41, 5.74) is 0. The zero-order chi connectivity index (χ0) is 22.3. The second kappa shape index (κ2) is 11.2. The van der Waals surface area contributed by atoms with E-state index < -0.39 is 22.5 Å². The molecule has 2 N–H and O–H groups in total. The van der Waals surface area contributed by atoms with Crippen LogP contribution in [0.5, 0.6) is 0 Å². The van der Waals surface area contributed by atoms with E-state index in [2.05, 4.69) is 10.0 Å². The number of nitrogens with zero attached hydrogens (tertiary/aromatic N) is 1. The summed E-state index contributed by atoms with van der Waals surface area (Å²) in [6.45, 7) is 1.29. The van der Waals surface area contributed by atoms with Crippen molar-refractivity contribution in [3.05, 3.63) is 29.3 Å². The van der Waals surface area contributed by atoms with Crippen LogP contribution in [0.1, 0.15) is 25.7 Å². The molecule has 1 aromatic rings. The number of hydrogen-bond donors (Lipinski definition) is 2. The van der Waals surface area contributed by atoms with Gasteiger partial charge in [0.1, 0.15) is 0 Å². The summed E-state index contributed by atoms with van der Waals surface area (Å²) in [6.07, 6.45) is 3.38. The van der Waals surface area contributed by atoms with E-state index in [-0.39, 0.29) is 36.1 Å². The molecule has 3 rings (SSSR count). The fourth-order valence-corrected chi connectivity index (χ4v) is 4.62. The van der Waals surface area contributed by atoms with Gasteiger partial charge in [-0.3, -0.25) is 9.59 Å². The van der Waals surface area contributed by atoms with Crippen molar-refractivity contribution in [2.45, 2.75) is 42.8 Å². The standard InChI is InChI=1S/C20H28ClN3O6S/c21-15-5-7-18(8-6-15)31(27,28)23-12-20(26)24(13-17-4-2-10-30-17)14-19(25)22-11-16-3-1-9-29-16/h5-8,16-17,23H,1-4,9-14H2,(H,22,25)/t16-,17-/m0/s1. The summed E-state index contributed by atoms with van der Waals surface area (Å²) in [5.74, 6) is -0.817. The predicted octanol–water partition coefficient (Wildman–Crippen LogP) is 0.921. The van der Waals surface area contributed by atoms with Crippen LogP contribution in [0.3, 0.4) is 0 Å². The molecule has 2 saturated heterocycles. The zero-order valence-corrected chi connectivity index (χ0v) is 18.8. The lowest BCUT2D eigenvalue weighted by Crippen LogP contribution is -2.48. The zero-order valence-electron chi connectivity index (χ0n) is 17.2. The smallest absolute Gasteiger partial charge is 0.241 e. The van der Waals surface area contributed by atoms with E-state index >= 15 is 0 Å². The van der Waals surface area contributed by atoms with Gasteiger partial charge in [-0.1, -0.05) is 11.6 Å². The number of carbonyl (C=O) groups excluding carboxylic acids is 2. The van der Waals surface area contributed by atoms with Crippen LogP contribution in [0.2, 0.25) is 5.02 Å². The minimum atomic E-state index is -3.89. The number of carbonyl (C=O) groups is 2. The van der Waals surface area contributed by atoms with Crippen molar-refractivity contribution in [1.29, 1.82) is 0 Å². The third kappa shape index (κ3) is 7.43. The van der Waals surface area contributed by atoms with E-state index in [0.717, 1.165) is 25.7 Å². The van der Waals surface area contributed by atoms with E-state index in [1.54, 1.807) is 0 Å². The molecule has 0 radical (unpaired) electrons. The number of halogens is 1. The van der Waals surface area contributed by atoms with Crippen molar-refractivity contribution in [2.75, 3.05) is 39.4 Å². The highest BCUT2D eigenvalue weighted by Crippen LogP contribution is 2.15. The van der Waals surface area contributed by atoms with Crippen LogP contribution in [0.4, 0.5) is 0 Å². The first kappa shape index (κ1) is 23.9. The van der Waals surface area contributed by atoms with Gasteiger partial charge >= 0.3 is 0 Å². The first-order valence-electron chi connectivity index (χ1n) is 10.4. The number of rotatable bonds is 10. The molecule has 2 amide bonds. The fourth-order valence-electron chi connectivity index (χ4n) is 3.52. The third-order valence-corrected chi connectivity index (χ3v) is 6.89. The molecule has 2 atom stereocenters. The van der Waals surface area contributed by atoms with Crippen molar-refractivity contribution in [3.8, 4) is 0 Å². The van der Waals surface area contributed by atoms with Gasteiger partial charge in [0, 0.05) is 31.3 Å². The molecular weight excluding hydrogens is 446 g/mol. The molecule has 2 fully saturated rings. The Morgan fingerprint density at radius 2 is 1.71 bits per heavy atom. The molecule has 0 aromatic heterocycles. The summed E-state index contributed by atoms with van der Waals surface area (Å²) >= 11 is 5.79. The summed E-state index contributed by atoms with van der Waals surface area (Å²) in [7, 11) is -3.89. The molecule has 9 nitrogen and oxygen atoms in total. The van der Waals surface area contributed by atoms with Crippen molar-refractivity contribution < 1.29 is 27.5 Å². The molecule has 2 aliphatic rings. The molecule has 0 bridgehead atoms. The number of nitrogens with one attached hydrogen (secondary N) is 2. The average Bonchev–Trinajstić information content (AvgIpc) is 3.44. The number of ether oxygens (including phenoxy) is 2. The van der Waals surface area contributed by atoms with E-state index in [4.69, 9.17) is 21.1 Å². The van der Waals surface area contributed by atoms with Gasteiger partial charge in [0.15, 0.2) is 0 Å². The predicted molar refractivity (Wildman–Crippen MR) is 114 cm³/mol. The van der Waals surface area contributed by atoms with Gasteiger partial charge in [0.05, 0.1) is 30.2 Å². The molecule has 1 aromatic carbocycles. The topological polar surface area (TPSA) is 114 Å². The number of amides is 2. The van der Waals surface area contributed by atoms with Crippen LogP contribution in [0.15, 0.2) is 29.2 Å². The van der Waals surface area contributed by atoms with Crippen molar-refractivity contribution >= 4 is 33.4 Å². The lowest BCUT2D eigenvalue weighted by molar-refractivity contribution is -0.136. The first-order valence-corrected chi connectivity index (χ1v) is 12.2. The van der Waals surface area contributed by atoms with Crippen molar-refractivity contribution in [2.24, 2.45) is 0 Å². The largest absolute Gasteiger partial charge is 0.376 e. The Labute approximate surface area is 187 Å². The van der Waals surface area contributed by atoms with Crippen LogP contribution in [-0.4, -0.2) is 76.7 Å². The van der Waals surface area contributed by atoms with Crippen LogP contribution in [0, 0.1) is 0 Å². The lowest BCUT2D eigenvalue weighted by atomic mass is 10.2. The van der Waals surface area contributed by atoms with Gasteiger partial charge in [-0.05, 0) is 49.9 Å². The molecular formula is C20H28ClN3O6S. The lowest BCUT2D eigenvalue weighted by Gasteiger charge is -2.25. The van der Waals surface area contributed by atoms with Crippen molar-refractivity contribution in [3.63, 3.8) is 0 Å². The fraction of sp³-hybridized carbons (Fsp3) is 0.600. The average molecular weight is 474 g/mol. The van der Waals surface area contributed by atoms with Gasteiger partial charge in [0.2, 0.25) is 21.8 Å². The van der Waals surface area contributed by atoms with Crippen LogP contribution in [-0.2, 0) is 29.1 Å². The Morgan fingerprint density at radius 3 is 2.32 bits per heavy atom. The van der Waals surface area contributed by atoms with E-state index in [1.165, 1.54) is 29.2 Å². The molecule has 31 heavy (non-hydrogen) atoms. The minimum Gasteiger partial charge on any atom is -0.376 e. The molecule has 0 aliphatic carbocycles. The van der Waals surface area contributed by atoms with E-state index in [0.29, 0.717) is 24.8 Å². The highest BCUT2D eigenvalue weighted by Gasteiger charge is 2.26. The van der Waals surface area contributed by atoms with E-state index in [1.807, 2.05) is 0 Å². The second-order valence-corrected chi connectivity index (χ2v) is 9.83. The van der Waals surface area contributed by atoms with E-state index in [9.17, 15) is 18.0 Å². The number of sulfonamides is 1. The summed E-state index contributed by atoms with van der Waals surface area (Å²) in [4.78, 5) is 26.5. The molecule has 0 unspecified atom stereocenters. The quantitative estimate of drug-likeness (QED) is 0.522. The Morgan fingerprint density at radius 1 is 1.06 bits per heavy atom. The summed E-state index contributed by atoms with van der Waals surface area (Å²) < 4.78 is 38.3. The molecule has 11 heteroatoms. The van der Waals surface area contributed by atoms with Gasteiger partial charge in [-0.15, -0.1) is 0 Å². The Kier molecular flexibility index (Phi) is 8.67. The Balaban J connectivity index is 1.56. The normalized spacial score (nSPS) is 21.2. The monoisotopic (exact) mass is 473 g/mol. The minimum absolute atomic E-state index is 0.00236. The summed E-state index contributed by atoms with van der Waals surface area (Å²) in [6, 6.07) is 5.63. The Hall–Kier alpha value is -1.72.